The lowest BCUT2D eigenvalue weighted by Gasteiger charge is -2.12. The first kappa shape index (κ1) is 16.3. The summed E-state index contributed by atoms with van der Waals surface area (Å²) in [5, 5.41) is 9.80. The van der Waals surface area contributed by atoms with E-state index in [0.29, 0.717) is 12.2 Å². The number of methoxy groups -OCH3 is 1. The zero-order valence-electron chi connectivity index (χ0n) is 13.9. The molecule has 1 fully saturated rings. The Bertz CT molecular complexity index is 978. The van der Waals surface area contributed by atoms with Gasteiger partial charge in [-0.1, -0.05) is 18.2 Å². The van der Waals surface area contributed by atoms with Crippen molar-refractivity contribution in [1.82, 2.24) is 9.97 Å². The van der Waals surface area contributed by atoms with Gasteiger partial charge in [0.05, 0.1) is 24.2 Å². The van der Waals surface area contributed by atoms with Crippen LogP contribution in [-0.2, 0) is 5.41 Å². The van der Waals surface area contributed by atoms with Crippen molar-refractivity contribution in [1.29, 1.82) is 5.26 Å². The summed E-state index contributed by atoms with van der Waals surface area (Å²) in [6, 6.07) is 14.8. The highest BCUT2D eigenvalue weighted by Gasteiger charge is 2.59. The molecule has 0 bridgehead atoms. The molecule has 1 aliphatic carbocycles. The van der Waals surface area contributed by atoms with Crippen molar-refractivity contribution >= 4 is 11.0 Å². The molecule has 2 aromatic carbocycles. The number of rotatable bonds is 5. The Balaban J connectivity index is 1.70. The number of hydrogen-bond donors (Lipinski definition) is 1. The Hall–Kier alpha value is -3.14. The smallest absolute Gasteiger partial charge is 0.387 e. The van der Waals surface area contributed by atoms with Crippen LogP contribution in [0.25, 0.3) is 11.0 Å². The molecule has 132 valence electrons. The fourth-order valence-corrected chi connectivity index (χ4v) is 3.37. The highest BCUT2D eigenvalue weighted by molar-refractivity contribution is 5.75. The second kappa shape index (κ2) is 5.99. The number of fused-ring (bicyclic) bond motifs is 1. The molecule has 0 aliphatic heterocycles. The normalized spacial score (nSPS) is 21.6. The third kappa shape index (κ3) is 2.54. The van der Waals surface area contributed by atoms with E-state index in [4.69, 9.17) is 4.74 Å². The number of H-pyrrole nitrogens is 1. The summed E-state index contributed by atoms with van der Waals surface area (Å²) in [7, 11) is 1.39. The Morgan fingerprint density at radius 1 is 1.27 bits per heavy atom. The van der Waals surface area contributed by atoms with Crippen molar-refractivity contribution < 1.29 is 18.3 Å². The second-order valence-electron chi connectivity index (χ2n) is 6.23. The summed E-state index contributed by atoms with van der Waals surface area (Å²) in [6.07, 6.45) is 0.559. The molecule has 0 spiro atoms. The summed E-state index contributed by atoms with van der Waals surface area (Å²) in [4.78, 5) is 7.75. The van der Waals surface area contributed by atoms with Gasteiger partial charge < -0.3 is 14.5 Å². The average Bonchev–Trinajstić information content (AvgIpc) is 3.23. The zero-order valence-corrected chi connectivity index (χ0v) is 13.9. The van der Waals surface area contributed by atoms with Crippen molar-refractivity contribution in [3.63, 3.8) is 0 Å². The molecule has 0 amide bonds. The van der Waals surface area contributed by atoms with Crippen LogP contribution < -0.4 is 9.47 Å². The third-order valence-corrected chi connectivity index (χ3v) is 4.78. The second-order valence-corrected chi connectivity index (χ2v) is 6.23. The molecule has 0 unspecified atom stereocenters. The van der Waals surface area contributed by atoms with Crippen LogP contribution in [0.4, 0.5) is 8.78 Å². The molecule has 5 nitrogen and oxygen atoms in total. The van der Waals surface area contributed by atoms with E-state index in [9.17, 15) is 14.0 Å². The Labute approximate surface area is 148 Å². The number of halogens is 2. The quantitative estimate of drug-likeness (QED) is 0.747. The predicted octanol–water partition coefficient (Wildman–Crippen LogP) is 4.12. The van der Waals surface area contributed by atoms with Gasteiger partial charge in [-0.05, 0) is 36.2 Å². The number of benzene rings is 2. The number of ether oxygens (including phenoxy) is 2. The van der Waals surface area contributed by atoms with E-state index in [1.165, 1.54) is 13.2 Å². The van der Waals surface area contributed by atoms with E-state index in [-0.39, 0.29) is 17.4 Å². The first-order valence-electron chi connectivity index (χ1n) is 8.06. The number of nitrogens with zero attached hydrogens (tertiary/aromatic N) is 2. The van der Waals surface area contributed by atoms with E-state index in [0.717, 1.165) is 16.6 Å². The zero-order chi connectivity index (χ0) is 18.3. The average molecular weight is 355 g/mol. The lowest BCUT2D eigenvalue weighted by atomic mass is 9.99. The Kier molecular flexibility index (Phi) is 3.76. The first-order valence-corrected chi connectivity index (χ1v) is 8.06. The van der Waals surface area contributed by atoms with Gasteiger partial charge in [-0.25, -0.2) is 4.98 Å². The van der Waals surface area contributed by atoms with Gasteiger partial charge in [-0.2, -0.15) is 14.0 Å². The van der Waals surface area contributed by atoms with E-state index < -0.39 is 12.0 Å². The number of aromatic nitrogens is 2. The maximum absolute atomic E-state index is 12.6. The molecular weight excluding hydrogens is 340 g/mol. The number of nitrogens with one attached hydrogen (secondary N) is 1. The topological polar surface area (TPSA) is 70.9 Å². The van der Waals surface area contributed by atoms with Gasteiger partial charge in [0.2, 0.25) is 0 Å². The number of alkyl halides is 2. The summed E-state index contributed by atoms with van der Waals surface area (Å²) < 4.78 is 34.9. The summed E-state index contributed by atoms with van der Waals surface area (Å²) in [6.45, 7) is -2.95. The van der Waals surface area contributed by atoms with Crippen LogP contribution in [0.3, 0.4) is 0 Å². The molecule has 1 heterocycles. The lowest BCUT2D eigenvalue weighted by molar-refractivity contribution is -0.0512. The highest BCUT2D eigenvalue weighted by atomic mass is 19.3. The number of hydrogen-bond acceptors (Lipinski definition) is 4. The Morgan fingerprint density at radius 2 is 2.08 bits per heavy atom. The van der Waals surface area contributed by atoms with Crippen LogP contribution in [0.5, 0.6) is 11.5 Å². The number of imidazole rings is 1. The van der Waals surface area contributed by atoms with Crippen LogP contribution >= 0.6 is 0 Å². The van der Waals surface area contributed by atoms with Gasteiger partial charge in [0.1, 0.15) is 11.2 Å². The molecule has 1 saturated carbocycles. The van der Waals surface area contributed by atoms with Gasteiger partial charge in [0.25, 0.3) is 0 Å². The maximum Gasteiger partial charge on any atom is 0.387 e. The number of nitriles is 1. The lowest BCUT2D eigenvalue weighted by Crippen LogP contribution is -2.09. The largest absolute Gasteiger partial charge is 0.493 e. The summed E-state index contributed by atoms with van der Waals surface area (Å²) in [5.74, 6) is 0.627. The minimum Gasteiger partial charge on any atom is -0.493 e. The highest BCUT2D eigenvalue weighted by Crippen LogP contribution is 2.60. The number of aromatic amines is 1. The molecule has 7 heteroatoms. The van der Waals surface area contributed by atoms with Gasteiger partial charge in [0.15, 0.2) is 11.5 Å². The molecule has 1 aliphatic rings. The molecule has 0 radical (unpaired) electrons. The molecule has 4 rings (SSSR count). The van der Waals surface area contributed by atoms with Crippen LogP contribution in [-0.4, -0.2) is 23.7 Å². The van der Waals surface area contributed by atoms with Gasteiger partial charge in [-0.3, -0.25) is 0 Å². The molecule has 2 atom stereocenters. The van der Waals surface area contributed by atoms with Crippen molar-refractivity contribution in [2.75, 3.05) is 7.11 Å². The minimum absolute atomic E-state index is 0.0386. The molecule has 0 saturated heterocycles. The SMILES string of the molecule is COc1ccc([C@@H]2C[C@]2(C#N)c2nc3ccccc3[nH]2)cc1OC(F)F. The standard InChI is InChI=1S/C19H15F2N3O2/c1-25-15-7-6-11(8-16(15)26-18(20)21)12-9-19(12,10-22)17-23-13-4-2-3-5-14(13)24-17/h2-8,12,18H,9H2,1H3,(H,23,24)/t12-,19+/m0/s1. The van der Waals surface area contributed by atoms with E-state index in [1.807, 2.05) is 24.3 Å². The molecule has 1 N–H and O–H groups in total. The maximum atomic E-state index is 12.6. The fraction of sp³-hybridized carbons (Fsp3) is 0.263. The van der Waals surface area contributed by atoms with Crippen molar-refractivity contribution in [2.24, 2.45) is 0 Å². The van der Waals surface area contributed by atoms with Gasteiger partial charge in [0, 0.05) is 5.92 Å². The molecule has 3 aromatic rings. The minimum atomic E-state index is -2.95. The molecule has 1 aromatic heterocycles. The molecule has 26 heavy (non-hydrogen) atoms. The van der Waals surface area contributed by atoms with Crippen LogP contribution in [0, 0.1) is 11.3 Å². The summed E-state index contributed by atoms with van der Waals surface area (Å²) in [5.41, 5.74) is 1.59. The van der Waals surface area contributed by atoms with Crippen molar-refractivity contribution in [3.05, 3.63) is 53.9 Å². The van der Waals surface area contributed by atoms with Gasteiger partial charge in [-0.15, -0.1) is 0 Å². The van der Waals surface area contributed by atoms with Crippen LogP contribution in [0.15, 0.2) is 42.5 Å². The van der Waals surface area contributed by atoms with E-state index >= 15 is 0 Å². The van der Waals surface area contributed by atoms with Crippen molar-refractivity contribution in [3.8, 4) is 17.6 Å². The third-order valence-electron chi connectivity index (χ3n) is 4.78. The predicted molar refractivity (Wildman–Crippen MR) is 90.4 cm³/mol. The van der Waals surface area contributed by atoms with E-state index in [2.05, 4.69) is 20.8 Å². The van der Waals surface area contributed by atoms with Crippen LogP contribution in [0.1, 0.15) is 23.7 Å². The van der Waals surface area contributed by atoms with Crippen LogP contribution in [0.2, 0.25) is 0 Å². The van der Waals surface area contributed by atoms with E-state index in [1.54, 1.807) is 12.1 Å². The number of para-hydroxylation sites is 2. The fourth-order valence-electron chi connectivity index (χ4n) is 3.37. The Morgan fingerprint density at radius 3 is 2.77 bits per heavy atom. The van der Waals surface area contributed by atoms with Crippen molar-refractivity contribution in [2.45, 2.75) is 24.4 Å². The first-order chi connectivity index (χ1) is 12.6. The monoisotopic (exact) mass is 355 g/mol. The van der Waals surface area contributed by atoms with Gasteiger partial charge >= 0.3 is 6.61 Å². The molecular formula is C19H15F2N3O2. The summed E-state index contributed by atoms with van der Waals surface area (Å²) >= 11 is 0.